The summed E-state index contributed by atoms with van der Waals surface area (Å²) in [7, 11) is 2.95. The van der Waals surface area contributed by atoms with Crippen LogP contribution in [0.1, 0.15) is 53.1 Å². The Balaban J connectivity index is 1.76. The molecule has 1 amide bonds. The highest BCUT2D eigenvalue weighted by atomic mass is 32.1. The number of hydrogen-bond acceptors (Lipinski definition) is 6. The Morgan fingerprint density at radius 1 is 1.26 bits per heavy atom. The van der Waals surface area contributed by atoms with Crippen LogP contribution in [0.2, 0.25) is 0 Å². The van der Waals surface area contributed by atoms with Gasteiger partial charge in [0.2, 0.25) is 5.91 Å². The number of anilines is 1. The van der Waals surface area contributed by atoms with E-state index in [9.17, 15) is 9.59 Å². The Hall–Kier alpha value is -2.80. The van der Waals surface area contributed by atoms with Gasteiger partial charge in [0.1, 0.15) is 5.00 Å². The minimum Gasteiger partial charge on any atom is -0.493 e. The van der Waals surface area contributed by atoms with Crippen LogP contribution in [0.3, 0.4) is 0 Å². The molecule has 0 spiro atoms. The Kier molecular flexibility index (Phi) is 7.74. The number of methoxy groups -OCH3 is 2. The van der Waals surface area contributed by atoms with E-state index in [0.717, 1.165) is 41.7 Å². The first-order valence-corrected chi connectivity index (χ1v) is 11.3. The summed E-state index contributed by atoms with van der Waals surface area (Å²) in [6.45, 7) is 4.85. The third-order valence-corrected chi connectivity index (χ3v) is 6.38. The lowest BCUT2D eigenvalue weighted by molar-refractivity contribution is -0.111. The molecule has 0 saturated carbocycles. The van der Waals surface area contributed by atoms with Crippen LogP contribution < -0.4 is 14.8 Å². The molecule has 3 rings (SSSR count). The maximum Gasteiger partial charge on any atom is 0.341 e. The third-order valence-electron chi connectivity index (χ3n) is 5.21. The molecule has 1 atom stereocenters. The maximum atomic E-state index is 12.6. The molecule has 1 unspecified atom stereocenters. The minimum atomic E-state index is -0.404. The zero-order valence-corrected chi connectivity index (χ0v) is 19.3. The van der Waals surface area contributed by atoms with Gasteiger partial charge >= 0.3 is 5.97 Å². The van der Waals surface area contributed by atoms with Gasteiger partial charge in [-0.3, -0.25) is 4.79 Å². The average molecular weight is 444 g/mol. The van der Waals surface area contributed by atoms with Gasteiger partial charge in [-0.25, -0.2) is 4.79 Å². The van der Waals surface area contributed by atoms with Crippen LogP contribution in [0.25, 0.3) is 6.08 Å². The Morgan fingerprint density at radius 3 is 2.77 bits per heavy atom. The van der Waals surface area contributed by atoms with Crippen molar-refractivity contribution in [2.45, 2.75) is 39.5 Å². The number of carbonyl (C=O) groups excluding carboxylic acids is 2. The van der Waals surface area contributed by atoms with E-state index in [1.807, 2.05) is 25.1 Å². The van der Waals surface area contributed by atoms with Crippen molar-refractivity contribution in [3.05, 3.63) is 45.8 Å². The molecular formula is C24H29NO5S. The summed E-state index contributed by atoms with van der Waals surface area (Å²) in [6.07, 6.45) is 6.83. The SMILES string of the molecule is CCCOc1ccc(C=CC(=O)Nc2sc3c(c2C(=O)OC)CCC(C)C3)cc1OC. The maximum absolute atomic E-state index is 12.6. The van der Waals surface area contributed by atoms with Crippen LogP contribution >= 0.6 is 11.3 Å². The fourth-order valence-corrected chi connectivity index (χ4v) is 5.00. The van der Waals surface area contributed by atoms with Crippen molar-refractivity contribution in [1.29, 1.82) is 0 Å². The van der Waals surface area contributed by atoms with Gasteiger partial charge in [0.15, 0.2) is 11.5 Å². The number of fused-ring (bicyclic) bond motifs is 1. The van der Waals surface area contributed by atoms with Crippen molar-refractivity contribution < 1.29 is 23.8 Å². The van der Waals surface area contributed by atoms with Gasteiger partial charge in [-0.15, -0.1) is 11.3 Å². The summed E-state index contributed by atoms with van der Waals surface area (Å²) in [5.74, 6) is 1.15. The summed E-state index contributed by atoms with van der Waals surface area (Å²) in [5, 5.41) is 3.43. The molecule has 2 aromatic rings. The van der Waals surface area contributed by atoms with Gasteiger partial charge in [-0.05, 0) is 60.9 Å². The highest BCUT2D eigenvalue weighted by Gasteiger charge is 2.28. The quantitative estimate of drug-likeness (QED) is 0.453. The number of nitrogens with one attached hydrogen (secondary N) is 1. The van der Waals surface area contributed by atoms with Gasteiger partial charge in [-0.2, -0.15) is 0 Å². The topological polar surface area (TPSA) is 73.9 Å². The Labute approximate surface area is 187 Å². The Bertz CT molecular complexity index is 979. The van der Waals surface area contributed by atoms with Crippen molar-refractivity contribution in [1.82, 2.24) is 0 Å². The van der Waals surface area contributed by atoms with E-state index in [4.69, 9.17) is 14.2 Å². The zero-order valence-electron chi connectivity index (χ0n) is 18.4. The van der Waals surface area contributed by atoms with Crippen molar-refractivity contribution in [2.75, 3.05) is 26.1 Å². The number of ether oxygens (including phenoxy) is 3. The number of benzene rings is 1. The highest BCUT2D eigenvalue weighted by Crippen LogP contribution is 2.40. The molecule has 1 aliphatic rings. The summed E-state index contributed by atoms with van der Waals surface area (Å²) in [5.41, 5.74) is 2.32. The number of carbonyl (C=O) groups is 2. The van der Waals surface area contributed by atoms with Gasteiger partial charge in [0.05, 0.1) is 26.4 Å². The summed E-state index contributed by atoms with van der Waals surface area (Å²) in [4.78, 5) is 26.1. The van der Waals surface area contributed by atoms with Crippen LogP contribution in [0, 0.1) is 5.92 Å². The summed E-state index contributed by atoms with van der Waals surface area (Å²) < 4.78 is 16.0. The van der Waals surface area contributed by atoms with E-state index >= 15 is 0 Å². The van der Waals surface area contributed by atoms with Gasteiger partial charge in [0, 0.05) is 11.0 Å². The number of rotatable bonds is 8. The van der Waals surface area contributed by atoms with Crippen LogP contribution in [-0.2, 0) is 22.4 Å². The van der Waals surface area contributed by atoms with E-state index in [1.54, 1.807) is 13.2 Å². The fraction of sp³-hybridized carbons (Fsp3) is 0.417. The monoisotopic (exact) mass is 443 g/mol. The first-order valence-electron chi connectivity index (χ1n) is 10.5. The largest absolute Gasteiger partial charge is 0.493 e. The third kappa shape index (κ3) is 5.47. The van der Waals surface area contributed by atoms with Crippen molar-refractivity contribution in [3.63, 3.8) is 0 Å². The van der Waals surface area contributed by atoms with Gasteiger partial charge in [-0.1, -0.05) is 19.9 Å². The smallest absolute Gasteiger partial charge is 0.341 e. The lowest BCUT2D eigenvalue weighted by atomic mass is 9.88. The van der Waals surface area contributed by atoms with E-state index in [1.165, 1.54) is 24.5 Å². The predicted octanol–water partition coefficient (Wildman–Crippen LogP) is 5.11. The number of hydrogen-bond donors (Lipinski definition) is 1. The molecule has 0 radical (unpaired) electrons. The molecule has 1 N–H and O–H groups in total. The number of thiophene rings is 1. The molecule has 1 heterocycles. The van der Waals surface area contributed by atoms with Crippen LogP contribution in [0.4, 0.5) is 5.00 Å². The molecule has 0 bridgehead atoms. The van der Waals surface area contributed by atoms with E-state index < -0.39 is 5.97 Å². The average Bonchev–Trinajstić information content (AvgIpc) is 3.12. The van der Waals surface area contributed by atoms with E-state index in [2.05, 4.69) is 12.2 Å². The van der Waals surface area contributed by atoms with E-state index in [-0.39, 0.29) is 5.91 Å². The molecule has 1 aliphatic carbocycles. The van der Waals surface area contributed by atoms with Crippen molar-refractivity contribution >= 4 is 34.3 Å². The molecule has 0 saturated heterocycles. The number of esters is 1. The molecule has 7 heteroatoms. The summed E-state index contributed by atoms with van der Waals surface area (Å²) in [6, 6.07) is 5.51. The second kappa shape index (κ2) is 10.5. The van der Waals surface area contributed by atoms with Crippen molar-refractivity contribution in [2.24, 2.45) is 5.92 Å². The normalized spacial score (nSPS) is 15.4. The molecule has 166 valence electrons. The molecular weight excluding hydrogens is 414 g/mol. The zero-order chi connectivity index (χ0) is 22.4. The van der Waals surface area contributed by atoms with Gasteiger partial charge < -0.3 is 19.5 Å². The van der Waals surface area contributed by atoms with Crippen LogP contribution in [-0.4, -0.2) is 32.7 Å². The molecule has 1 aromatic heterocycles. The minimum absolute atomic E-state index is 0.304. The van der Waals surface area contributed by atoms with Gasteiger partial charge in [0.25, 0.3) is 0 Å². The fourth-order valence-electron chi connectivity index (χ4n) is 3.60. The second-order valence-electron chi connectivity index (χ2n) is 7.63. The first kappa shape index (κ1) is 22.9. The standard InChI is InChI=1S/C24H29NO5S/c1-5-12-30-18-10-7-16(14-19(18)28-3)8-11-21(26)25-23-22(24(27)29-4)17-9-6-15(2)13-20(17)31-23/h7-8,10-11,14-15H,5-6,9,12-13H2,1-4H3,(H,25,26). The van der Waals surface area contributed by atoms with E-state index in [0.29, 0.717) is 34.6 Å². The molecule has 6 nitrogen and oxygen atoms in total. The predicted molar refractivity (Wildman–Crippen MR) is 123 cm³/mol. The number of amides is 1. The lowest BCUT2D eigenvalue weighted by Gasteiger charge is -2.18. The van der Waals surface area contributed by atoms with Crippen LogP contribution in [0.5, 0.6) is 11.5 Å². The molecule has 0 fully saturated rings. The summed E-state index contributed by atoms with van der Waals surface area (Å²) >= 11 is 1.47. The Morgan fingerprint density at radius 2 is 2.06 bits per heavy atom. The molecule has 0 aliphatic heterocycles. The van der Waals surface area contributed by atoms with Crippen molar-refractivity contribution in [3.8, 4) is 11.5 Å². The molecule has 1 aromatic carbocycles. The molecule has 31 heavy (non-hydrogen) atoms. The second-order valence-corrected chi connectivity index (χ2v) is 8.73. The lowest BCUT2D eigenvalue weighted by Crippen LogP contribution is -2.14. The van der Waals surface area contributed by atoms with Crippen LogP contribution in [0.15, 0.2) is 24.3 Å². The highest BCUT2D eigenvalue weighted by molar-refractivity contribution is 7.17. The first-order chi connectivity index (χ1) is 15.0.